The van der Waals surface area contributed by atoms with Crippen LogP contribution < -0.4 is 26.6 Å². The predicted molar refractivity (Wildman–Crippen MR) is 186 cm³/mol. The Labute approximate surface area is 284 Å². The average Bonchev–Trinajstić information content (AvgIpc) is 3.55. The Hall–Kier alpha value is -4.41. The van der Waals surface area contributed by atoms with Crippen molar-refractivity contribution in [2.24, 2.45) is 11.8 Å². The number of benzene rings is 2. The van der Waals surface area contributed by atoms with Crippen LogP contribution in [0, 0.1) is 11.8 Å². The first-order chi connectivity index (χ1) is 23.0. The number of rotatable bonds is 5. The molecule has 48 heavy (non-hydrogen) atoms. The summed E-state index contributed by atoms with van der Waals surface area (Å²) in [6.07, 6.45) is 3.19. The van der Waals surface area contributed by atoms with E-state index >= 15 is 0 Å². The molecular formula is C37H52N6O5. The van der Waals surface area contributed by atoms with Crippen LogP contribution in [0.1, 0.15) is 70.9 Å². The molecule has 2 aliphatic rings. The Morgan fingerprint density at radius 3 is 2.23 bits per heavy atom. The zero-order valence-electron chi connectivity index (χ0n) is 28.7. The van der Waals surface area contributed by atoms with E-state index in [-0.39, 0.29) is 42.4 Å². The summed E-state index contributed by atoms with van der Waals surface area (Å²) in [5.41, 5.74) is 2.82. The Morgan fingerprint density at radius 1 is 0.750 bits per heavy atom. The van der Waals surface area contributed by atoms with Gasteiger partial charge < -0.3 is 31.5 Å². The fourth-order valence-electron chi connectivity index (χ4n) is 6.34. The summed E-state index contributed by atoms with van der Waals surface area (Å²) < 4.78 is 0. The normalized spacial score (nSPS) is 23.9. The number of carbonyl (C=O) groups is 5. The maximum Gasteiger partial charge on any atom is 0.246 e. The molecule has 0 spiro atoms. The van der Waals surface area contributed by atoms with E-state index in [1.54, 1.807) is 4.90 Å². The minimum atomic E-state index is -0.947. The first-order valence-electron chi connectivity index (χ1n) is 17.4. The van der Waals surface area contributed by atoms with Gasteiger partial charge in [0.1, 0.15) is 24.2 Å². The number of carbonyl (C=O) groups excluding carboxylic acids is 5. The molecule has 11 nitrogen and oxygen atoms in total. The molecule has 5 N–H and O–H groups in total. The summed E-state index contributed by atoms with van der Waals surface area (Å²) >= 11 is 0. The fourth-order valence-corrected chi connectivity index (χ4v) is 6.34. The number of fused-ring (bicyclic) bond motifs is 3. The van der Waals surface area contributed by atoms with E-state index in [4.69, 9.17) is 0 Å². The Kier molecular flexibility index (Phi) is 13.4. The molecule has 260 valence electrons. The zero-order valence-corrected chi connectivity index (χ0v) is 28.7. The molecule has 2 bridgehead atoms. The van der Waals surface area contributed by atoms with E-state index in [9.17, 15) is 24.0 Å². The molecule has 1 fully saturated rings. The Bertz CT molecular complexity index is 1410. The Balaban J connectivity index is 1.62. The van der Waals surface area contributed by atoms with Gasteiger partial charge in [0.05, 0.1) is 0 Å². The number of hydrogen-bond acceptors (Lipinski definition) is 6. The smallest absolute Gasteiger partial charge is 0.246 e. The number of anilines is 1. The molecule has 1 unspecified atom stereocenters. The second-order valence-corrected chi connectivity index (χ2v) is 13.7. The summed E-state index contributed by atoms with van der Waals surface area (Å²) in [4.78, 5) is 69.6. The highest BCUT2D eigenvalue weighted by molar-refractivity contribution is 5.96. The van der Waals surface area contributed by atoms with Crippen LogP contribution in [0.4, 0.5) is 5.69 Å². The number of nitrogens with one attached hydrogen (secondary N) is 5. The third-order valence-electron chi connectivity index (χ3n) is 8.89. The van der Waals surface area contributed by atoms with Crippen LogP contribution in [0.5, 0.6) is 0 Å². The monoisotopic (exact) mass is 660 g/mol. The lowest BCUT2D eigenvalue weighted by Gasteiger charge is -2.31. The maximum atomic E-state index is 14.2. The van der Waals surface area contributed by atoms with Crippen molar-refractivity contribution < 1.29 is 24.0 Å². The van der Waals surface area contributed by atoms with E-state index in [0.717, 1.165) is 16.8 Å². The lowest BCUT2D eigenvalue weighted by Crippen LogP contribution is -2.59. The summed E-state index contributed by atoms with van der Waals surface area (Å²) in [5, 5.41) is 15.1. The van der Waals surface area contributed by atoms with Gasteiger partial charge in [-0.15, -0.1) is 0 Å². The van der Waals surface area contributed by atoms with Gasteiger partial charge in [0, 0.05) is 38.2 Å². The number of nitrogens with zero attached hydrogens (tertiary/aromatic N) is 1. The molecule has 0 aromatic heterocycles. The SMILES string of the molecule is CC(C)C[C@H]1NC(=O)[C@H](C(C)C)NC(=O)CCCNc2cccc(c2)CCNC(=O)[C@@H]2CCCN2C(=O)C(Cc2ccccc2)NC1=O. The van der Waals surface area contributed by atoms with Crippen LogP contribution in [0.3, 0.4) is 0 Å². The minimum Gasteiger partial charge on any atom is -0.385 e. The van der Waals surface area contributed by atoms with Crippen molar-refractivity contribution in [1.29, 1.82) is 0 Å². The van der Waals surface area contributed by atoms with E-state index in [0.29, 0.717) is 51.7 Å². The standard InChI is InChI=1S/C37H52N6O5/c1-24(2)21-29-34(45)41-30(23-26-11-6-5-7-12-26)37(48)43-20-10-15-31(43)35(46)39-19-17-27-13-8-14-28(22-27)38-18-9-16-32(44)42-33(25(3)4)36(47)40-29/h5-8,11-14,22,24-25,29-31,33,38H,9-10,15-21,23H2,1-4H3,(H,39,46)(H,40,47)(H,41,45)(H,42,44)/t29-,30?,31+,33+/m1/s1. The van der Waals surface area contributed by atoms with Crippen molar-refractivity contribution in [3.05, 3.63) is 65.7 Å². The number of amides is 5. The van der Waals surface area contributed by atoms with Crippen molar-refractivity contribution in [2.45, 2.75) is 96.8 Å². The van der Waals surface area contributed by atoms with Gasteiger partial charge in [-0.05, 0) is 67.2 Å². The summed E-state index contributed by atoms with van der Waals surface area (Å²) in [7, 11) is 0. The van der Waals surface area contributed by atoms with Gasteiger partial charge >= 0.3 is 0 Å². The molecular weight excluding hydrogens is 608 g/mol. The van der Waals surface area contributed by atoms with E-state index in [2.05, 4.69) is 26.6 Å². The molecule has 2 aromatic carbocycles. The van der Waals surface area contributed by atoms with Crippen LogP contribution in [0.15, 0.2) is 54.6 Å². The van der Waals surface area contributed by atoms with Gasteiger partial charge in [0.25, 0.3) is 0 Å². The molecule has 2 heterocycles. The second kappa shape index (κ2) is 17.7. The van der Waals surface area contributed by atoms with Gasteiger partial charge in [0.2, 0.25) is 29.5 Å². The van der Waals surface area contributed by atoms with Gasteiger partial charge in [0.15, 0.2) is 0 Å². The molecule has 4 rings (SSSR count). The predicted octanol–water partition coefficient (Wildman–Crippen LogP) is 2.94. The van der Waals surface area contributed by atoms with Crippen LogP contribution >= 0.6 is 0 Å². The van der Waals surface area contributed by atoms with Gasteiger partial charge in [-0.3, -0.25) is 24.0 Å². The fraction of sp³-hybridized carbons (Fsp3) is 0.541. The molecule has 0 saturated carbocycles. The lowest BCUT2D eigenvalue weighted by atomic mass is 9.98. The highest BCUT2D eigenvalue weighted by Gasteiger charge is 2.39. The molecule has 2 aromatic rings. The molecule has 2 aliphatic heterocycles. The third kappa shape index (κ3) is 10.6. The summed E-state index contributed by atoms with van der Waals surface area (Å²) in [5.74, 6) is -1.88. The maximum absolute atomic E-state index is 14.2. The van der Waals surface area contributed by atoms with Crippen LogP contribution in [-0.4, -0.2) is 78.2 Å². The molecule has 0 radical (unpaired) electrons. The zero-order chi connectivity index (χ0) is 34.6. The molecule has 11 heteroatoms. The van der Waals surface area contributed by atoms with E-state index < -0.39 is 36.0 Å². The first kappa shape index (κ1) is 36.4. The minimum absolute atomic E-state index is 0.0541. The average molecular weight is 661 g/mol. The van der Waals surface area contributed by atoms with Crippen molar-refractivity contribution in [3.8, 4) is 0 Å². The van der Waals surface area contributed by atoms with E-state index in [1.165, 1.54) is 0 Å². The van der Waals surface area contributed by atoms with Crippen molar-refractivity contribution >= 4 is 35.2 Å². The van der Waals surface area contributed by atoms with Crippen LogP contribution in [-0.2, 0) is 36.8 Å². The molecule has 1 saturated heterocycles. The van der Waals surface area contributed by atoms with E-state index in [1.807, 2.05) is 82.3 Å². The molecule has 0 aliphatic carbocycles. The largest absolute Gasteiger partial charge is 0.385 e. The van der Waals surface area contributed by atoms with Gasteiger partial charge in [-0.25, -0.2) is 0 Å². The number of hydrogen-bond donors (Lipinski definition) is 5. The van der Waals surface area contributed by atoms with Crippen LogP contribution in [0.25, 0.3) is 0 Å². The highest BCUT2D eigenvalue weighted by Crippen LogP contribution is 2.21. The molecule has 5 amide bonds. The van der Waals surface area contributed by atoms with Crippen molar-refractivity contribution in [1.82, 2.24) is 26.2 Å². The van der Waals surface area contributed by atoms with Gasteiger partial charge in [-0.2, -0.15) is 0 Å². The van der Waals surface area contributed by atoms with Crippen LogP contribution in [0.2, 0.25) is 0 Å². The summed E-state index contributed by atoms with van der Waals surface area (Å²) in [6.45, 7) is 9.00. The quantitative estimate of drug-likeness (QED) is 0.333. The second-order valence-electron chi connectivity index (χ2n) is 13.7. The third-order valence-corrected chi connectivity index (χ3v) is 8.89. The highest BCUT2D eigenvalue weighted by atomic mass is 16.2. The lowest BCUT2D eigenvalue weighted by molar-refractivity contribution is -0.142. The van der Waals surface area contributed by atoms with Gasteiger partial charge in [-0.1, -0.05) is 70.2 Å². The first-order valence-corrected chi connectivity index (χ1v) is 17.4. The topological polar surface area (TPSA) is 149 Å². The Morgan fingerprint density at radius 2 is 1.50 bits per heavy atom. The van der Waals surface area contributed by atoms with Crippen molar-refractivity contribution in [3.63, 3.8) is 0 Å². The van der Waals surface area contributed by atoms with Crippen molar-refractivity contribution in [2.75, 3.05) is 25.0 Å². The summed E-state index contributed by atoms with van der Waals surface area (Å²) in [6, 6.07) is 14.0. The molecule has 4 atom stereocenters.